The SMILES string of the molecule is NCC(=O)NCC#Cc1c2c(nc3cc4c(cc13)OCO4)-c1cc3c(c(=O)n1C2)COC(=O)[C@H]3O. The number of aliphatic hydroxyl groups is 1. The molecule has 11 heteroatoms. The van der Waals surface area contributed by atoms with Crippen molar-refractivity contribution in [1.29, 1.82) is 0 Å². The number of rotatable bonds is 2. The number of benzene rings is 1. The molecular formula is C24H18N4O7. The van der Waals surface area contributed by atoms with E-state index in [-0.39, 0.29) is 55.6 Å². The third-order valence-corrected chi connectivity index (χ3v) is 6.22. The van der Waals surface area contributed by atoms with Gasteiger partial charge >= 0.3 is 5.97 Å². The first-order valence-electron chi connectivity index (χ1n) is 10.8. The lowest BCUT2D eigenvalue weighted by Gasteiger charge is -2.21. The monoisotopic (exact) mass is 474 g/mol. The van der Waals surface area contributed by atoms with Crippen LogP contribution in [0.1, 0.15) is 28.4 Å². The number of aromatic nitrogens is 2. The number of nitrogens with zero attached hydrogens (tertiary/aromatic N) is 2. The molecule has 0 radical (unpaired) electrons. The lowest BCUT2D eigenvalue weighted by Crippen LogP contribution is -2.32. The fourth-order valence-electron chi connectivity index (χ4n) is 4.51. The smallest absolute Gasteiger partial charge is 0.340 e. The molecule has 0 bridgehead atoms. The summed E-state index contributed by atoms with van der Waals surface area (Å²) in [6.45, 7) is 0.0317. The molecule has 3 aliphatic rings. The van der Waals surface area contributed by atoms with E-state index in [1.165, 1.54) is 4.57 Å². The average Bonchev–Trinajstić information content (AvgIpc) is 3.46. The first kappa shape index (κ1) is 21.2. The van der Waals surface area contributed by atoms with E-state index in [0.29, 0.717) is 44.9 Å². The van der Waals surface area contributed by atoms with E-state index in [9.17, 15) is 19.5 Å². The Balaban J connectivity index is 1.56. The lowest BCUT2D eigenvalue weighted by atomic mass is 9.98. The Kier molecular flexibility index (Phi) is 4.73. The number of hydrogen-bond donors (Lipinski definition) is 3. The van der Waals surface area contributed by atoms with Crippen molar-refractivity contribution in [2.24, 2.45) is 5.73 Å². The number of carbonyl (C=O) groups is 2. The van der Waals surface area contributed by atoms with Gasteiger partial charge in [0.25, 0.3) is 5.56 Å². The molecule has 0 aliphatic carbocycles. The fraction of sp³-hybridized carbons (Fsp3) is 0.250. The van der Waals surface area contributed by atoms with Crippen LogP contribution >= 0.6 is 0 Å². The third kappa shape index (κ3) is 3.23. The first-order valence-corrected chi connectivity index (χ1v) is 10.8. The minimum Gasteiger partial charge on any atom is -0.458 e. The molecule has 4 N–H and O–H groups in total. The zero-order valence-electron chi connectivity index (χ0n) is 18.2. The molecule has 3 aliphatic heterocycles. The number of aliphatic hydroxyl groups excluding tert-OH is 1. The van der Waals surface area contributed by atoms with Gasteiger partial charge in [0.1, 0.15) is 6.61 Å². The molecule has 5 heterocycles. The molecule has 1 aromatic carbocycles. The molecule has 1 atom stereocenters. The zero-order chi connectivity index (χ0) is 24.3. The van der Waals surface area contributed by atoms with Gasteiger partial charge in [-0.1, -0.05) is 11.8 Å². The Labute approximate surface area is 197 Å². The fourth-order valence-corrected chi connectivity index (χ4v) is 4.51. The van der Waals surface area contributed by atoms with Crippen molar-refractivity contribution in [2.75, 3.05) is 19.9 Å². The maximum Gasteiger partial charge on any atom is 0.340 e. The molecule has 6 rings (SSSR count). The van der Waals surface area contributed by atoms with E-state index in [1.54, 1.807) is 18.2 Å². The molecule has 176 valence electrons. The zero-order valence-corrected chi connectivity index (χ0v) is 18.2. The first-order chi connectivity index (χ1) is 17.0. The predicted molar refractivity (Wildman–Crippen MR) is 120 cm³/mol. The van der Waals surface area contributed by atoms with E-state index in [2.05, 4.69) is 17.2 Å². The predicted octanol–water partition coefficient (Wildman–Crippen LogP) is -0.329. The van der Waals surface area contributed by atoms with Gasteiger partial charge in [-0.25, -0.2) is 9.78 Å². The van der Waals surface area contributed by atoms with Crippen molar-refractivity contribution in [2.45, 2.75) is 19.3 Å². The molecule has 11 nitrogen and oxygen atoms in total. The Hall–Kier alpha value is -4.40. The molecule has 0 saturated heterocycles. The average molecular weight is 474 g/mol. The van der Waals surface area contributed by atoms with Crippen LogP contribution in [0.25, 0.3) is 22.3 Å². The third-order valence-electron chi connectivity index (χ3n) is 6.22. The minimum absolute atomic E-state index is 0.0893. The van der Waals surface area contributed by atoms with Crippen LogP contribution in [0, 0.1) is 11.8 Å². The van der Waals surface area contributed by atoms with Gasteiger partial charge < -0.3 is 34.9 Å². The molecule has 3 aromatic rings. The van der Waals surface area contributed by atoms with E-state index >= 15 is 0 Å². The van der Waals surface area contributed by atoms with E-state index in [1.807, 2.05) is 0 Å². The summed E-state index contributed by atoms with van der Waals surface area (Å²) in [6.07, 6.45) is -1.54. The number of fused-ring (bicyclic) bond motifs is 6. The maximum atomic E-state index is 13.3. The van der Waals surface area contributed by atoms with Crippen LogP contribution in [0.3, 0.4) is 0 Å². The molecule has 0 unspecified atom stereocenters. The lowest BCUT2D eigenvalue weighted by molar-refractivity contribution is -0.157. The van der Waals surface area contributed by atoms with Crippen LogP contribution < -0.4 is 26.1 Å². The van der Waals surface area contributed by atoms with Crippen LogP contribution in [0.4, 0.5) is 0 Å². The van der Waals surface area contributed by atoms with Gasteiger partial charge in [-0.05, 0) is 12.1 Å². The standard InChI is InChI=1S/C24H18N4O7/c25-7-20(29)26-3-1-2-11-12-5-18-19(35-10-34-18)6-16(12)27-21-14(11)8-28-17(21)4-13-15(23(28)31)9-33-24(32)22(13)30/h4-6,22,30H,3,7-10,25H2,(H,26,29)/t22-/m0/s1. The highest BCUT2D eigenvalue weighted by atomic mass is 16.7. The second kappa shape index (κ2) is 7.83. The van der Waals surface area contributed by atoms with Crippen molar-refractivity contribution in [3.05, 3.63) is 50.8 Å². The number of esters is 1. The summed E-state index contributed by atoms with van der Waals surface area (Å²) in [5, 5.41) is 13.6. The van der Waals surface area contributed by atoms with Crippen molar-refractivity contribution >= 4 is 22.8 Å². The second-order valence-corrected chi connectivity index (χ2v) is 8.18. The van der Waals surface area contributed by atoms with Gasteiger partial charge in [0.15, 0.2) is 17.6 Å². The Morgan fingerprint density at radius 1 is 1.20 bits per heavy atom. The molecule has 0 fully saturated rings. The second-order valence-electron chi connectivity index (χ2n) is 8.18. The number of ether oxygens (including phenoxy) is 3. The van der Waals surface area contributed by atoms with E-state index < -0.39 is 12.1 Å². The summed E-state index contributed by atoms with van der Waals surface area (Å²) in [6, 6.07) is 5.14. The summed E-state index contributed by atoms with van der Waals surface area (Å²) in [5.41, 5.74) is 8.29. The number of amides is 1. The summed E-state index contributed by atoms with van der Waals surface area (Å²) >= 11 is 0. The number of hydrogen-bond acceptors (Lipinski definition) is 9. The van der Waals surface area contributed by atoms with Crippen LogP contribution in [-0.2, 0) is 27.5 Å². The van der Waals surface area contributed by atoms with Crippen molar-refractivity contribution in [3.63, 3.8) is 0 Å². The minimum atomic E-state index is -1.54. The molecule has 1 amide bonds. The van der Waals surface area contributed by atoms with Crippen molar-refractivity contribution < 1.29 is 28.9 Å². The van der Waals surface area contributed by atoms with Gasteiger partial charge in [0, 0.05) is 28.1 Å². The van der Waals surface area contributed by atoms with Crippen molar-refractivity contribution in [3.8, 4) is 34.7 Å². The summed E-state index contributed by atoms with van der Waals surface area (Å²) in [4.78, 5) is 41.4. The van der Waals surface area contributed by atoms with Gasteiger partial charge in [0.05, 0.1) is 42.1 Å². The highest BCUT2D eigenvalue weighted by Gasteiger charge is 2.34. The Morgan fingerprint density at radius 3 is 2.80 bits per heavy atom. The molecule has 35 heavy (non-hydrogen) atoms. The number of nitrogens with one attached hydrogen (secondary N) is 1. The van der Waals surface area contributed by atoms with Gasteiger partial charge in [-0.3, -0.25) is 9.59 Å². The van der Waals surface area contributed by atoms with Crippen LogP contribution in [0.15, 0.2) is 23.0 Å². The van der Waals surface area contributed by atoms with E-state index in [4.69, 9.17) is 24.9 Å². The molecule has 0 saturated carbocycles. The summed E-state index contributed by atoms with van der Waals surface area (Å²) in [5.74, 6) is 6.02. The molecule has 2 aromatic heterocycles. The maximum absolute atomic E-state index is 13.3. The van der Waals surface area contributed by atoms with Crippen LogP contribution in [0.5, 0.6) is 11.5 Å². The van der Waals surface area contributed by atoms with E-state index in [0.717, 1.165) is 0 Å². The summed E-state index contributed by atoms with van der Waals surface area (Å²) < 4.78 is 17.5. The number of pyridine rings is 2. The topological polar surface area (TPSA) is 155 Å². The highest BCUT2D eigenvalue weighted by Crippen LogP contribution is 2.41. The van der Waals surface area contributed by atoms with Gasteiger partial charge in [-0.2, -0.15) is 0 Å². The Morgan fingerprint density at radius 2 is 2.00 bits per heavy atom. The highest BCUT2D eigenvalue weighted by molar-refractivity contribution is 5.93. The summed E-state index contributed by atoms with van der Waals surface area (Å²) in [7, 11) is 0. The molecular weight excluding hydrogens is 456 g/mol. The molecule has 0 spiro atoms. The van der Waals surface area contributed by atoms with Gasteiger partial charge in [0.2, 0.25) is 12.7 Å². The largest absolute Gasteiger partial charge is 0.458 e. The normalized spacial score (nSPS) is 16.6. The van der Waals surface area contributed by atoms with Crippen LogP contribution in [-0.4, -0.2) is 46.4 Å². The number of cyclic esters (lactones) is 1. The number of nitrogens with two attached hydrogens (primary N) is 1. The Bertz CT molecular complexity index is 1580. The quantitative estimate of drug-likeness (QED) is 0.262. The van der Waals surface area contributed by atoms with Gasteiger partial charge in [-0.15, -0.1) is 0 Å². The van der Waals surface area contributed by atoms with Crippen molar-refractivity contribution in [1.82, 2.24) is 14.9 Å². The van der Waals surface area contributed by atoms with Crippen LogP contribution in [0.2, 0.25) is 0 Å². The number of carbonyl (C=O) groups excluding carboxylic acids is 2.